The molecule has 1 aromatic rings. The number of nitriles is 1. The van der Waals surface area contributed by atoms with Crippen LogP contribution in [0.1, 0.15) is 25.3 Å². The third-order valence-corrected chi connectivity index (χ3v) is 2.45. The van der Waals surface area contributed by atoms with E-state index in [0.29, 0.717) is 24.4 Å². The van der Waals surface area contributed by atoms with Crippen LogP contribution < -0.4 is 5.32 Å². The molecule has 0 bridgehead atoms. The lowest BCUT2D eigenvalue weighted by molar-refractivity contribution is -0.384. The van der Waals surface area contributed by atoms with Crippen molar-refractivity contribution in [3.05, 3.63) is 33.9 Å². The molecule has 0 fully saturated rings. The average Bonchev–Trinajstić information content (AvgIpc) is 2.42. The first-order chi connectivity index (χ1) is 9.19. The number of rotatable bonds is 8. The van der Waals surface area contributed by atoms with Crippen LogP contribution in [0.25, 0.3) is 0 Å². The minimum atomic E-state index is -0.461. The van der Waals surface area contributed by atoms with Gasteiger partial charge < -0.3 is 10.1 Å². The fraction of sp³-hybridized carbons (Fsp3) is 0.462. The van der Waals surface area contributed by atoms with E-state index < -0.39 is 4.92 Å². The number of hydrogen-bond donors (Lipinski definition) is 1. The maximum Gasteiger partial charge on any atom is 0.292 e. The summed E-state index contributed by atoms with van der Waals surface area (Å²) in [6.45, 7) is 3.95. The molecule has 1 aromatic carbocycles. The number of hydrogen-bond acceptors (Lipinski definition) is 5. The molecule has 6 heteroatoms. The number of nitro benzene ring substituents is 1. The largest absolute Gasteiger partial charge is 0.381 e. The molecule has 0 atom stereocenters. The van der Waals surface area contributed by atoms with Crippen LogP contribution in [0.2, 0.25) is 0 Å². The zero-order valence-corrected chi connectivity index (χ0v) is 10.9. The molecule has 0 aliphatic rings. The van der Waals surface area contributed by atoms with Crippen LogP contribution in [-0.4, -0.2) is 24.7 Å². The van der Waals surface area contributed by atoms with E-state index >= 15 is 0 Å². The molecule has 102 valence electrons. The van der Waals surface area contributed by atoms with Crippen LogP contribution in [0.3, 0.4) is 0 Å². The molecule has 0 spiro atoms. The summed E-state index contributed by atoms with van der Waals surface area (Å²) in [7, 11) is 0. The van der Waals surface area contributed by atoms with E-state index in [1.165, 1.54) is 18.2 Å². The number of nitrogens with one attached hydrogen (secondary N) is 1. The molecule has 0 amide bonds. The summed E-state index contributed by atoms with van der Waals surface area (Å²) in [6.07, 6.45) is 1.73. The van der Waals surface area contributed by atoms with Gasteiger partial charge in [-0.15, -0.1) is 0 Å². The highest BCUT2D eigenvalue weighted by Gasteiger charge is 2.13. The second-order valence-electron chi connectivity index (χ2n) is 3.99. The Labute approximate surface area is 112 Å². The average molecular weight is 263 g/mol. The predicted molar refractivity (Wildman–Crippen MR) is 72.0 cm³/mol. The summed E-state index contributed by atoms with van der Waals surface area (Å²) in [4.78, 5) is 10.4. The van der Waals surface area contributed by atoms with Crippen LogP contribution in [-0.2, 0) is 4.74 Å². The smallest absolute Gasteiger partial charge is 0.292 e. The van der Waals surface area contributed by atoms with Crippen molar-refractivity contribution >= 4 is 11.4 Å². The standard InChI is InChI=1S/C13H17N3O3/c1-2-7-19-8-3-6-15-12-9-11(10-14)4-5-13(12)16(17)18/h4-5,9,15H,2-3,6-8H2,1H3. The summed E-state index contributed by atoms with van der Waals surface area (Å²) >= 11 is 0. The highest BCUT2D eigenvalue weighted by molar-refractivity contribution is 5.64. The second kappa shape index (κ2) is 8.06. The highest BCUT2D eigenvalue weighted by Crippen LogP contribution is 2.25. The molecule has 0 saturated heterocycles. The van der Waals surface area contributed by atoms with Crippen molar-refractivity contribution in [3.63, 3.8) is 0 Å². The van der Waals surface area contributed by atoms with Gasteiger partial charge in [0.05, 0.1) is 16.6 Å². The van der Waals surface area contributed by atoms with Gasteiger partial charge in [-0.2, -0.15) is 5.26 Å². The number of anilines is 1. The van der Waals surface area contributed by atoms with E-state index in [1.807, 2.05) is 13.0 Å². The molecular weight excluding hydrogens is 246 g/mol. The van der Waals surface area contributed by atoms with Gasteiger partial charge in [-0.1, -0.05) is 6.92 Å². The predicted octanol–water partition coefficient (Wildman–Crippen LogP) is 2.70. The van der Waals surface area contributed by atoms with Gasteiger partial charge >= 0.3 is 0 Å². The van der Waals surface area contributed by atoms with E-state index in [1.54, 1.807) is 0 Å². The van der Waals surface area contributed by atoms with Crippen LogP contribution in [0.4, 0.5) is 11.4 Å². The Morgan fingerprint density at radius 3 is 2.89 bits per heavy atom. The molecule has 0 radical (unpaired) electrons. The Kier molecular flexibility index (Phi) is 6.33. The highest BCUT2D eigenvalue weighted by atomic mass is 16.6. The van der Waals surface area contributed by atoms with Crippen molar-refractivity contribution in [1.82, 2.24) is 0 Å². The lowest BCUT2D eigenvalue weighted by atomic mass is 10.2. The van der Waals surface area contributed by atoms with E-state index in [-0.39, 0.29) is 5.69 Å². The van der Waals surface area contributed by atoms with Crippen molar-refractivity contribution in [2.75, 3.05) is 25.1 Å². The lowest BCUT2D eigenvalue weighted by Crippen LogP contribution is -2.08. The lowest BCUT2D eigenvalue weighted by Gasteiger charge is -2.07. The molecule has 1 rings (SSSR count). The Morgan fingerprint density at radius 2 is 2.26 bits per heavy atom. The summed E-state index contributed by atoms with van der Waals surface area (Å²) in [5.41, 5.74) is 0.753. The normalized spacial score (nSPS) is 9.89. The van der Waals surface area contributed by atoms with Gasteiger partial charge in [-0.25, -0.2) is 0 Å². The number of nitro groups is 1. The summed E-state index contributed by atoms with van der Waals surface area (Å²) in [5, 5.41) is 22.6. The first kappa shape index (κ1) is 14.9. The molecular formula is C13H17N3O3. The molecule has 0 unspecified atom stereocenters. The van der Waals surface area contributed by atoms with Gasteiger partial charge in [0, 0.05) is 25.8 Å². The van der Waals surface area contributed by atoms with E-state index in [0.717, 1.165) is 19.4 Å². The molecule has 0 heterocycles. The minimum absolute atomic E-state index is 0.0199. The quantitative estimate of drug-likeness (QED) is 0.442. The minimum Gasteiger partial charge on any atom is -0.381 e. The molecule has 6 nitrogen and oxygen atoms in total. The Bertz CT molecular complexity index is 469. The van der Waals surface area contributed by atoms with Crippen molar-refractivity contribution in [2.24, 2.45) is 0 Å². The first-order valence-corrected chi connectivity index (χ1v) is 6.19. The summed E-state index contributed by atoms with van der Waals surface area (Å²) < 4.78 is 5.32. The van der Waals surface area contributed by atoms with Crippen molar-refractivity contribution in [2.45, 2.75) is 19.8 Å². The Morgan fingerprint density at radius 1 is 1.47 bits per heavy atom. The third kappa shape index (κ3) is 4.94. The van der Waals surface area contributed by atoms with Crippen LogP contribution >= 0.6 is 0 Å². The summed E-state index contributed by atoms with van der Waals surface area (Å²) in [5.74, 6) is 0. The van der Waals surface area contributed by atoms with E-state index in [9.17, 15) is 10.1 Å². The van der Waals surface area contributed by atoms with Crippen LogP contribution in [0.5, 0.6) is 0 Å². The SMILES string of the molecule is CCCOCCCNc1cc(C#N)ccc1[N+](=O)[O-]. The van der Waals surface area contributed by atoms with Crippen molar-refractivity contribution in [1.29, 1.82) is 5.26 Å². The molecule has 0 saturated carbocycles. The molecule has 1 N–H and O–H groups in total. The van der Waals surface area contributed by atoms with Crippen LogP contribution in [0.15, 0.2) is 18.2 Å². The van der Waals surface area contributed by atoms with Gasteiger partial charge in [-0.05, 0) is 25.0 Å². The van der Waals surface area contributed by atoms with Gasteiger partial charge in [0.25, 0.3) is 5.69 Å². The number of ether oxygens (including phenoxy) is 1. The van der Waals surface area contributed by atoms with Crippen molar-refractivity contribution in [3.8, 4) is 6.07 Å². The topological polar surface area (TPSA) is 88.2 Å². The van der Waals surface area contributed by atoms with Crippen molar-refractivity contribution < 1.29 is 9.66 Å². The van der Waals surface area contributed by atoms with E-state index in [2.05, 4.69) is 5.32 Å². The molecule has 0 aliphatic heterocycles. The van der Waals surface area contributed by atoms with Crippen LogP contribution in [0, 0.1) is 21.4 Å². The maximum absolute atomic E-state index is 10.9. The fourth-order valence-corrected chi connectivity index (χ4v) is 1.55. The number of nitrogens with zero attached hydrogens (tertiary/aromatic N) is 2. The van der Waals surface area contributed by atoms with E-state index in [4.69, 9.17) is 10.00 Å². The number of benzene rings is 1. The Balaban J connectivity index is 2.56. The monoisotopic (exact) mass is 263 g/mol. The fourth-order valence-electron chi connectivity index (χ4n) is 1.55. The molecule has 19 heavy (non-hydrogen) atoms. The van der Waals surface area contributed by atoms with Gasteiger partial charge in [0.2, 0.25) is 0 Å². The zero-order valence-electron chi connectivity index (χ0n) is 10.9. The van der Waals surface area contributed by atoms with Gasteiger partial charge in [0.15, 0.2) is 0 Å². The molecule has 0 aliphatic carbocycles. The maximum atomic E-state index is 10.9. The summed E-state index contributed by atoms with van der Waals surface area (Å²) in [6, 6.07) is 6.24. The molecule has 0 aromatic heterocycles. The zero-order chi connectivity index (χ0) is 14.1. The van der Waals surface area contributed by atoms with Gasteiger partial charge in [-0.3, -0.25) is 10.1 Å². The second-order valence-corrected chi connectivity index (χ2v) is 3.99. The Hall–Kier alpha value is -2.13. The van der Waals surface area contributed by atoms with Gasteiger partial charge in [0.1, 0.15) is 5.69 Å². The third-order valence-electron chi connectivity index (χ3n) is 2.45. The first-order valence-electron chi connectivity index (χ1n) is 6.19.